The van der Waals surface area contributed by atoms with Gasteiger partial charge < -0.3 is 20.1 Å². The van der Waals surface area contributed by atoms with Crippen LogP contribution in [0.15, 0.2) is 42.7 Å². The Bertz CT molecular complexity index is 1370. The molecule has 0 radical (unpaired) electrons. The van der Waals surface area contributed by atoms with Crippen molar-refractivity contribution in [2.45, 2.75) is 38.5 Å². The van der Waals surface area contributed by atoms with E-state index in [0.29, 0.717) is 13.1 Å². The lowest BCUT2D eigenvalue weighted by molar-refractivity contribution is -0.274. The molecule has 0 spiro atoms. The average Bonchev–Trinajstić information content (AvgIpc) is 3.09. The number of ether oxygens (including phenoxy) is 1. The number of amides is 4. The molecule has 2 saturated heterocycles. The Morgan fingerprint density at radius 3 is 2.18 bits per heavy atom. The molecule has 11 nitrogen and oxygen atoms in total. The molecule has 44 heavy (non-hydrogen) atoms. The number of carbonyl (C=O) groups is 4. The Hall–Kier alpha value is -4.06. The monoisotopic (exact) mass is 651 g/mol. The van der Waals surface area contributed by atoms with Gasteiger partial charge in [-0.15, -0.1) is 13.2 Å². The van der Waals surface area contributed by atoms with Gasteiger partial charge in [0.15, 0.2) is 5.75 Å². The number of anilines is 2. The fourth-order valence-corrected chi connectivity index (χ4v) is 5.10. The van der Waals surface area contributed by atoms with Crippen LogP contribution in [-0.4, -0.2) is 92.9 Å². The minimum absolute atomic E-state index is 0.00936. The molecule has 18 heteroatoms. The van der Waals surface area contributed by atoms with Gasteiger partial charge in [-0.1, -0.05) is 0 Å². The summed E-state index contributed by atoms with van der Waals surface area (Å²) < 4.78 is 75.0. The first kappa shape index (κ1) is 34.4. The van der Waals surface area contributed by atoms with Crippen molar-refractivity contribution in [3.8, 4) is 5.75 Å². The molecule has 2 aliphatic rings. The standard InChI is InChI=1S/C24H26F3N5O4S.C2HF3O2/c1-23(2)21(34)32(22(35)31(23)14-16-5-7-28-8-6-16)17-3-4-19(36-24(25,26)27)18(13-17)29-20(33)15-30-9-11-37-12-10-30;3-2(4,5)1(6)7/h3-8,13H,9-12,14-15H2,1-2H3,(H,29,33);(H,6,7). The first-order valence-corrected chi connectivity index (χ1v) is 13.9. The van der Waals surface area contributed by atoms with Crippen LogP contribution >= 0.6 is 11.8 Å². The average molecular weight is 652 g/mol. The molecule has 1 aromatic carbocycles. The second kappa shape index (κ2) is 13.7. The number of aliphatic carboxylic acids is 1. The molecule has 4 amide bonds. The van der Waals surface area contributed by atoms with Crippen LogP contribution in [-0.2, 0) is 20.9 Å². The van der Waals surface area contributed by atoms with Crippen molar-refractivity contribution < 1.29 is 55.4 Å². The van der Waals surface area contributed by atoms with E-state index in [2.05, 4.69) is 15.0 Å². The number of pyridine rings is 1. The molecule has 0 aliphatic carbocycles. The van der Waals surface area contributed by atoms with Crippen LogP contribution in [0.2, 0.25) is 0 Å². The van der Waals surface area contributed by atoms with Crippen molar-refractivity contribution in [3.05, 3.63) is 48.3 Å². The Morgan fingerprint density at radius 1 is 1.05 bits per heavy atom. The number of imide groups is 1. The van der Waals surface area contributed by atoms with Gasteiger partial charge in [0.05, 0.1) is 17.9 Å². The second-order valence-corrected chi connectivity index (χ2v) is 11.1. The molecule has 0 atom stereocenters. The lowest BCUT2D eigenvalue weighted by atomic mass is 10.0. The molecule has 0 saturated carbocycles. The lowest BCUT2D eigenvalue weighted by Crippen LogP contribution is -2.43. The van der Waals surface area contributed by atoms with Crippen LogP contribution in [0.1, 0.15) is 19.4 Å². The zero-order chi connectivity index (χ0) is 32.9. The number of halogens is 6. The van der Waals surface area contributed by atoms with Crippen molar-refractivity contribution in [1.29, 1.82) is 0 Å². The van der Waals surface area contributed by atoms with E-state index in [1.807, 2.05) is 4.90 Å². The SMILES string of the molecule is CC1(C)C(=O)N(c2ccc(OC(F)(F)F)c(NC(=O)CN3CCSCC3)c2)C(=O)N1Cc1ccncc1.O=C(O)C(F)(F)F. The van der Waals surface area contributed by atoms with E-state index in [1.165, 1.54) is 11.0 Å². The summed E-state index contributed by atoms with van der Waals surface area (Å²) in [5.74, 6) is -2.78. The molecule has 2 N–H and O–H groups in total. The topological polar surface area (TPSA) is 132 Å². The van der Waals surface area contributed by atoms with E-state index >= 15 is 0 Å². The molecular weight excluding hydrogens is 624 g/mol. The number of rotatable bonds is 7. The maximum absolute atomic E-state index is 13.4. The molecule has 0 bridgehead atoms. The quantitative estimate of drug-likeness (QED) is 0.331. The largest absolute Gasteiger partial charge is 0.573 e. The summed E-state index contributed by atoms with van der Waals surface area (Å²) >= 11 is 1.76. The molecule has 4 rings (SSSR count). The van der Waals surface area contributed by atoms with Gasteiger partial charge in [0.1, 0.15) is 5.54 Å². The molecule has 0 unspecified atom stereocenters. The van der Waals surface area contributed by atoms with Crippen molar-refractivity contribution in [1.82, 2.24) is 14.8 Å². The van der Waals surface area contributed by atoms with Gasteiger partial charge in [0, 0.05) is 43.5 Å². The number of thioether (sulfide) groups is 1. The summed E-state index contributed by atoms with van der Waals surface area (Å²) in [5.41, 5.74) is -0.752. The van der Waals surface area contributed by atoms with Crippen molar-refractivity contribution >= 4 is 47.0 Å². The summed E-state index contributed by atoms with van der Waals surface area (Å²) in [6.07, 6.45) is -6.95. The zero-order valence-electron chi connectivity index (χ0n) is 23.2. The van der Waals surface area contributed by atoms with E-state index in [4.69, 9.17) is 9.90 Å². The number of alkyl halides is 6. The van der Waals surface area contributed by atoms with E-state index in [9.17, 15) is 40.7 Å². The Kier molecular flexibility index (Phi) is 10.7. The van der Waals surface area contributed by atoms with Crippen molar-refractivity contribution in [2.75, 3.05) is 41.4 Å². The maximum atomic E-state index is 13.4. The molecule has 240 valence electrons. The van der Waals surface area contributed by atoms with Crippen molar-refractivity contribution in [3.63, 3.8) is 0 Å². The number of benzene rings is 1. The van der Waals surface area contributed by atoms with E-state index < -0.39 is 47.6 Å². The summed E-state index contributed by atoms with van der Waals surface area (Å²) in [6.45, 7) is 4.67. The molecule has 2 aromatic rings. The maximum Gasteiger partial charge on any atom is 0.573 e. The fourth-order valence-electron chi connectivity index (χ4n) is 4.12. The third kappa shape index (κ3) is 8.98. The number of carboxylic acids is 1. The minimum Gasteiger partial charge on any atom is -0.475 e. The number of carboxylic acid groups (broad SMARTS) is 1. The highest BCUT2D eigenvalue weighted by Crippen LogP contribution is 2.38. The third-order valence-electron chi connectivity index (χ3n) is 6.35. The lowest BCUT2D eigenvalue weighted by Gasteiger charge is -2.27. The third-order valence-corrected chi connectivity index (χ3v) is 7.29. The van der Waals surface area contributed by atoms with Gasteiger partial charge in [-0.05, 0) is 49.7 Å². The number of nitrogens with one attached hydrogen (secondary N) is 1. The summed E-state index contributed by atoms with van der Waals surface area (Å²) in [6, 6.07) is 6.10. The first-order valence-electron chi connectivity index (χ1n) is 12.7. The first-order chi connectivity index (χ1) is 20.4. The molecule has 1 aromatic heterocycles. The van der Waals surface area contributed by atoms with E-state index in [0.717, 1.165) is 34.1 Å². The highest BCUT2D eigenvalue weighted by molar-refractivity contribution is 7.99. The Morgan fingerprint density at radius 2 is 1.64 bits per heavy atom. The Labute approximate surface area is 251 Å². The van der Waals surface area contributed by atoms with Gasteiger partial charge in [0.2, 0.25) is 5.91 Å². The summed E-state index contributed by atoms with van der Waals surface area (Å²) in [5, 5.41) is 9.59. The number of urea groups is 1. The highest BCUT2D eigenvalue weighted by atomic mass is 32.2. The molecule has 2 aliphatic heterocycles. The molecule has 3 heterocycles. The minimum atomic E-state index is -5.08. The highest BCUT2D eigenvalue weighted by Gasteiger charge is 2.52. The van der Waals surface area contributed by atoms with Crippen LogP contribution in [0.5, 0.6) is 5.75 Å². The van der Waals surface area contributed by atoms with Crippen LogP contribution < -0.4 is 15.0 Å². The number of carbonyl (C=O) groups excluding carboxylic acids is 3. The number of hydrogen-bond acceptors (Lipinski definition) is 8. The van der Waals surface area contributed by atoms with Gasteiger partial charge in [-0.3, -0.25) is 19.5 Å². The van der Waals surface area contributed by atoms with Crippen LogP contribution in [0.4, 0.5) is 42.5 Å². The number of aromatic nitrogens is 1. The summed E-state index contributed by atoms with van der Waals surface area (Å²) in [4.78, 5) is 56.3. The van der Waals surface area contributed by atoms with E-state index in [1.54, 1.807) is 50.1 Å². The van der Waals surface area contributed by atoms with Gasteiger partial charge >= 0.3 is 24.5 Å². The number of hydrogen-bond donors (Lipinski definition) is 2. The van der Waals surface area contributed by atoms with E-state index in [-0.39, 0.29) is 24.5 Å². The molecule has 2 fully saturated rings. The van der Waals surface area contributed by atoms with Crippen LogP contribution in [0.25, 0.3) is 0 Å². The summed E-state index contributed by atoms with van der Waals surface area (Å²) in [7, 11) is 0. The van der Waals surface area contributed by atoms with Gasteiger partial charge in [0.25, 0.3) is 5.91 Å². The second-order valence-electron chi connectivity index (χ2n) is 9.89. The predicted molar refractivity (Wildman–Crippen MR) is 146 cm³/mol. The predicted octanol–water partition coefficient (Wildman–Crippen LogP) is 4.35. The smallest absolute Gasteiger partial charge is 0.475 e. The molecular formula is C26H27F6N5O6S. The van der Waals surface area contributed by atoms with Crippen LogP contribution in [0, 0.1) is 0 Å². The van der Waals surface area contributed by atoms with Gasteiger partial charge in [-0.2, -0.15) is 24.9 Å². The Balaban J connectivity index is 0.000000676. The van der Waals surface area contributed by atoms with Gasteiger partial charge in [-0.25, -0.2) is 14.5 Å². The number of nitrogens with zero attached hydrogens (tertiary/aromatic N) is 4. The fraction of sp³-hybridized carbons (Fsp3) is 0.423. The zero-order valence-corrected chi connectivity index (χ0v) is 24.1. The van der Waals surface area contributed by atoms with Crippen LogP contribution in [0.3, 0.4) is 0 Å². The van der Waals surface area contributed by atoms with Crippen molar-refractivity contribution in [2.24, 2.45) is 0 Å². The normalized spacial score (nSPS) is 17.2.